The average molecular weight is 444 g/mol. The smallest absolute Gasteiger partial charge is 0.163 e. The minimum Gasteiger partial charge on any atom is -0.497 e. The fourth-order valence-electron chi connectivity index (χ4n) is 2.45. The van der Waals surface area contributed by atoms with E-state index < -0.39 is 0 Å². The van der Waals surface area contributed by atoms with Crippen LogP contribution in [0.4, 0.5) is 5.82 Å². The van der Waals surface area contributed by atoms with Crippen LogP contribution in [0.25, 0.3) is 11.4 Å². The van der Waals surface area contributed by atoms with Crippen molar-refractivity contribution < 1.29 is 19.3 Å². The van der Waals surface area contributed by atoms with Gasteiger partial charge in [0.25, 0.3) is 0 Å². The Morgan fingerprint density at radius 1 is 1.14 bits per heavy atom. The molecule has 0 radical (unpaired) electrons. The molecule has 1 aromatic heterocycles. The third kappa shape index (κ3) is 7.64. The molecule has 0 saturated carbocycles. The summed E-state index contributed by atoms with van der Waals surface area (Å²) in [6.45, 7) is 5.80. The van der Waals surface area contributed by atoms with Crippen LogP contribution in [0.1, 0.15) is 6.92 Å². The molecule has 0 amide bonds. The van der Waals surface area contributed by atoms with Gasteiger partial charge in [0.05, 0.1) is 25.2 Å². The van der Waals surface area contributed by atoms with E-state index in [0.29, 0.717) is 24.2 Å². The van der Waals surface area contributed by atoms with E-state index in [4.69, 9.17) is 31.2 Å². The number of anilines is 1. The van der Waals surface area contributed by atoms with Gasteiger partial charge in [0.15, 0.2) is 5.82 Å². The number of benzene rings is 1. The van der Waals surface area contributed by atoms with Gasteiger partial charge in [0.1, 0.15) is 16.7 Å². The van der Waals surface area contributed by atoms with Gasteiger partial charge in [-0.1, -0.05) is 11.6 Å². The highest BCUT2D eigenvalue weighted by molar-refractivity contribution is 7.98. The summed E-state index contributed by atoms with van der Waals surface area (Å²) in [5, 5.41) is 7.49. The van der Waals surface area contributed by atoms with E-state index in [9.17, 15) is 0 Å². The molecule has 7 nitrogen and oxygen atoms in total. The lowest BCUT2D eigenvalue weighted by Crippen LogP contribution is -2.37. The Morgan fingerprint density at radius 2 is 1.72 bits per heavy atom. The summed E-state index contributed by atoms with van der Waals surface area (Å²) in [6, 6.07) is 7.66. The Bertz CT molecular complexity index is 712. The first kappa shape index (κ1) is 25.5. The summed E-state index contributed by atoms with van der Waals surface area (Å²) in [5.41, 5.74) is 0.912. The van der Waals surface area contributed by atoms with Crippen molar-refractivity contribution in [2.24, 2.45) is 0 Å². The molecule has 1 aliphatic heterocycles. The van der Waals surface area contributed by atoms with Crippen LogP contribution in [0.2, 0.25) is 5.15 Å². The normalized spacial score (nSPS) is 13.0. The van der Waals surface area contributed by atoms with Crippen LogP contribution in [-0.4, -0.2) is 75.6 Å². The number of rotatable bonds is 5. The van der Waals surface area contributed by atoms with Crippen LogP contribution in [-0.2, 0) is 9.47 Å². The first-order chi connectivity index (χ1) is 14.1. The monoisotopic (exact) mass is 443 g/mol. The first-order valence-electron chi connectivity index (χ1n) is 9.16. The zero-order valence-corrected chi connectivity index (χ0v) is 19.2. The fourth-order valence-corrected chi connectivity index (χ4v) is 3.41. The number of methoxy groups -OCH3 is 2. The molecule has 0 aliphatic carbocycles. The van der Waals surface area contributed by atoms with Crippen molar-refractivity contribution >= 4 is 29.2 Å². The molecule has 1 aliphatic rings. The van der Waals surface area contributed by atoms with E-state index in [1.165, 1.54) is 0 Å². The van der Waals surface area contributed by atoms with Crippen LogP contribution < -0.4 is 9.64 Å². The Labute approximate surface area is 182 Å². The number of nitrogens with zero attached hydrogens (tertiary/aromatic N) is 3. The molecule has 0 atom stereocenters. The predicted octanol–water partition coefficient (Wildman–Crippen LogP) is 3.63. The van der Waals surface area contributed by atoms with E-state index in [1.807, 2.05) is 37.4 Å². The molecule has 3 rings (SSSR count). The lowest BCUT2D eigenvalue weighted by molar-refractivity contribution is 0.122. The van der Waals surface area contributed by atoms with Crippen molar-refractivity contribution in [2.75, 3.05) is 65.4 Å². The topological polar surface area (TPSA) is 76.9 Å². The van der Waals surface area contributed by atoms with Gasteiger partial charge in [0, 0.05) is 39.5 Å². The summed E-state index contributed by atoms with van der Waals surface area (Å²) < 4.78 is 15.2. The maximum Gasteiger partial charge on any atom is 0.163 e. The Morgan fingerprint density at radius 3 is 2.21 bits per heavy atom. The molecule has 2 aromatic rings. The van der Waals surface area contributed by atoms with Crippen LogP contribution >= 0.6 is 23.4 Å². The summed E-state index contributed by atoms with van der Waals surface area (Å²) in [4.78, 5) is 12.3. The zero-order valence-electron chi connectivity index (χ0n) is 17.6. The Balaban J connectivity index is 0.000000627. The van der Waals surface area contributed by atoms with Crippen molar-refractivity contribution in [1.29, 1.82) is 0 Å². The lowest BCUT2D eigenvalue weighted by Gasteiger charge is -2.29. The van der Waals surface area contributed by atoms with Crippen molar-refractivity contribution in [2.45, 2.75) is 11.8 Å². The maximum absolute atomic E-state index is 7.00. The van der Waals surface area contributed by atoms with Gasteiger partial charge in [-0.2, -0.15) is 0 Å². The molecule has 1 fully saturated rings. The summed E-state index contributed by atoms with van der Waals surface area (Å²) in [5.74, 6) is 2.30. The number of aromatic nitrogens is 2. The van der Waals surface area contributed by atoms with Gasteiger partial charge < -0.3 is 24.2 Å². The molecule has 0 bridgehead atoms. The Kier molecular flexibility index (Phi) is 12.6. The molecule has 162 valence electrons. The third-order valence-corrected chi connectivity index (χ3v) is 5.13. The lowest BCUT2D eigenvalue weighted by atomic mass is 10.2. The van der Waals surface area contributed by atoms with E-state index >= 15 is 0 Å². The summed E-state index contributed by atoms with van der Waals surface area (Å²) in [6.07, 6.45) is 1.99. The van der Waals surface area contributed by atoms with E-state index in [-0.39, 0.29) is 0 Å². The van der Waals surface area contributed by atoms with Crippen LogP contribution in [0, 0.1) is 0 Å². The highest BCUT2D eigenvalue weighted by atomic mass is 35.5. The van der Waals surface area contributed by atoms with Gasteiger partial charge >= 0.3 is 0 Å². The molecule has 29 heavy (non-hydrogen) atoms. The molecule has 0 spiro atoms. The highest BCUT2D eigenvalue weighted by Crippen LogP contribution is 2.35. The molecular formula is C20H30ClN3O4S. The number of halogens is 1. The number of hydrogen-bond donors (Lipinski definition) is 1. The minimum atomic E-state index is 0.486. The molecule has 1 aromatic carbocycles. The van der Waals surface area contributed by atoms with Crippen LogP contribution in [0.15, 0.2) is 29.2 Å². The Hall–Kier alpha value is -1.58. The number of morpholine rings is 1. The van der Waals surface area contributed by atoms with Gasteiger partial charge in [0.2, 0.25) is 0 Å². The van der Waals surface area contributed by atoms with E-state index in [0.717, 1.165) is 48.8 Å². The molecule has 1 N–H and O–H groups in total. The SMILES string of the molecule is CCOC.CO.COc1ccc(-c2nc(Cl)c(SC)c(N3CCOCC3)n2)cc1. The fraction of sp³-hybridized carbons (Fsp3) is 0.500. The largest absolute Gasteiger partial charge is 0.497 e. The first-order valence-corrected chi connectivity index (χ1v) is 10.8. The van der Waals surface area contributed by atoms with Crippen molar-refractivity contribution in [3.05, 3.63) is 29.4 Å². The summed E-state index contributed by atoms with van der Waals surface area (Å²) in [7, 11) is 4.33. The van der Waals surface area contributed by atoms with Crippen LogP contribution in [0.3, 0.4) is 0 Å². The van der Waals surface area contributed by atoms with Gasteiger partial charge in [-0.3, -0.25) is 0 Å². The molecule has 1 saturated heterocycles. The van der Waals surface area contributed by atoms with Gasteiger partial charge in [-0.25, -0.2) is 9.97 Å². The number of aliphatic hydroxyl groups excluding tert-OH is 1. The minimum absolute atomic E-state index is 0.486. The van der Waals surface area contributed by atoms with Crippen molar-refractivity contribution in [3.63, 3.8) is 0 Å². The predicted molar refractivity (Wildman–Crippen MR) is 120 cm³/mol. The maximum atomic E-state index is 7.00. The average Bonchev–Trinajstić information content (AvgIpc) is 2.80. The van der Waals surface area contributed by atoms with Crippen molar-refractivity contribution in [3.8, 4) is 17.1 Å². The van der Waals surface area contributed by atoms with Crippen molar-refractivity contribution in [1.82, 2.24) is 9.97 Å². The second kappa shape index (κ2) is 14.4. The quantitative estimate of drug-likeness (QED) is 0.554. The third-order valence-electron chi connectivity index (χ3n) is 3.96. The van der Waals surface area contributed by atoms with Gasteiger partial charge in [-0.15, -0.1) is 11.8 Å². The molecule has 9 heteroatoms. The number of thioether (sulfide) groups is 1. The van der Waals surface area contributed by atoms with Crippen LogP contribution in [0.5, 0.6) is 5.75 Å². The number of hydrogen-bond acceptors (Lipinski definition) is 8. The summed E-state index contributed by atoms with van der Waals surface area (Å²) >= 11 is 7.97. The number of ether oxygens (including phenoxy) is 3. The van der Waals surface area contributed by atoms with Gasteiger partial charge in [-0.05, 0) is 37.4 Å². The molecular weight excluding hydrogens is 414 g/mol. The van der Waals surface area contributed by atoms with E-state index in [2.05, 4.69) is 14.6 Å². The molecule has 0 unspecified atom stereocenters. The molecule has 2 heterocycles. The van der Waals surface area contributed by atoms with E-state index in [1.54, 1.807) is 26.0 Å². The highest BCUT2D eigenvalue weighted by Gasteiger charge is 2.20. The zero-order chi connectivity index (χ0) is 21.6. The second-order valence-corrected chi connectivity index (χ2v) is 6.77. The standard InChI is InChI=1S/C16H18ClN3O2S.C3H8O.CH4O/c1-21-12-5-3-11(4-6-12)15-18-14(17)13(23-2)16(19-15)20-7-9-22-10-8-20;1-3-4-2;1-2/h3-6H,7-10H2,1-2H3;3H2,1-2H3;2H,1H3. The number of aliphatic hydroxyl groups is 1. The second-order valence-electron chi connectivity index (χ2n) is 5.60.